The van der Waals surface area contributed by atoms with Crippen LogP contribution in [0.5, 0.6) is 0 Å². The molecule has 0 saturated carbocycles. The third kappa shape index (κ3) is 6.21. The van der Waals surface area contributed by atoms with Crippen molar-refractivity contribution >= 4 is 5.96 Å². The van der Waals surface area contributed by atoms with Gasteiger partial charge in [0.25, 0.3) is 0 Å². The number of aromatic nitrogens is 2. The topological polar surface area (TPSA) is 75.3 Å². The second-order valence-corrected chi connectivity index (χ2v) is 7.05. The summed E-state index contributed by atoms with van der Waals surface area (Å²) in [7, 11) is 0. The van der Waals surface area contributed by atoms with Crippen LogP contribution in [0.25, 0.3) is 0 Å². The molecule has 136 valence electrons. The van der Waals surface area contributed by atoms with Gasteiger partial charge in [0.2, 0.25) is 5.89 Å². The van der Waals surface area contributed by atoms with Crippen molar-refractivity contribution in [3.05, 3.63) is 47.1 Å². The molecule has 0 fully saturated rings. The average molecular weight is 343 g/mol. The molecular formula is C19H29N5O. The summed E-state index contributed by atoms with van der Waals surface area (Å²) in [5.74, 6) is 1.90. The van der Waals surface area contributed by atoms with Crippen molar-refractivity contribution in [3.8, 4) is 0 Å². The molecule has 2 rings (SSSR count). The zero-order chi connectivity index (χ0) is 18.3. The lowest BCUT2D eigenvalue weighted by molar-refractivity contribution is 0.376. The Morgan fingerprint density at radius 1 is 1.16 bits per heavy atom. The van der Waals surface area contributed by atoms with E-state index in [0.717, 1.165) is 25.5 Å². The third-order valence-electron chi connectivity index (χ3n) is 3.81. The fourth-order valence-corrected chi connectivity index (χ4v) is 2.39. The van der Waals surface area contributed by atoms with Gasteiger partial charge in [-0.15, -0.1) is 0 Å². The van der Waals surface area contributed by atoms with Crippen molar-refractivity contribution in [3.63, 3.8) is 0 Å². The van der Waals surface area contributed by atoms with Crippen LogP contribution < -0.4 is 10.6 Å². The highest BCUT2D eigenvalue weighted by Crippen LogP contribution is 2.22. The minimum Gasteiger partial charge on any atom is -0.357 e. The molecule has 1 aromatic heterocycles. The van der Waals surface area contributed by atoms with Crippen LogP contribution in [-0.2, 0) is 18.4 Å². The van der Waals surface area contributed by atoms with Gasteiger partial charge in [-0.3, -0.25) is 0 Å². The van der Waals surface area contributed by atoms with Gasteiger partial charge in [0.05, 0.1) is 0 Å². The van der Waals surface area contributed by atoms with Crippen LogP contribution in [0.4, 0.5) is 0 Å². The monoisotopic (exact) mass is 343 g/mol. The van der Waals surface area contributed by atoms with Crippen molar-refractivity contribution in [1.29, 1.82) is 0 Å². The maximum atomic E-state index is 5.08. The number of hydrogen-bond acceptors (Lipinski definition) is 4. The Bertz CT molecular complexity index is 683. The first-order valence-corrected chi connectivity index (χ1v) is 8.79. The third-order valence-corrected chi connectivity index (χ3v) is 3.81. The summed E-state index contributed by atoms with van der Waals surface area (Å²) in [5.41, 5.74) is 2.85. The van der Waals surface area contributed by atoms with Crippen molar-refractivity contribution in [1.82, 2.24) is 20.8 Å². The van der Waals surface area contributed by atoms with E-state index in [9.17, 15) is 0 Å². The van der Waals surface area contributed by atoms with Crippen LogP contribution in [0, 0.1) is 6.92 Å². The van der Waals surface area contributed by atoms with E-state index in [0.29, 0.717) is 18.3 Å². The van der Waals surface area contributed by atoms with Gasteiger partial charge < -0.3 is 15.2 Å². The number of aryl methyl sites for hydroxylation is 1. The summed E-state index contributed by atoms with van der Waals surface area (Å²) in [4.78, 5) is 8.63. The highest BCUT2D eigenvalue weighted by Gasteiger charge is 2.12. The van der Waals surface area contributed by atoms with Gasteiger partial charge in [0.1, 0.15) is 6.54 Å². The minimum atomic E-state index is 0.189. The Kier molecular flexibility index (Phi) is 6.56. The predicted molar refractivity (Wildman–Crippen MR) is 101 cm³/mol. The molecule has 0 aliphatic carbocycles. The maximum Gasteiger partial charge on any atom is 0.248 e. The van der Waals surface area contributed by atoms with E-state index >= 15 is 0 Å². The Balaban J connectivity index is 1.86. The molecule has 0 radical (unpaired) electrons. The molecule has 0 spiro atoms. The van der Waals surface area contributed by atoms with Crippen LogP contribution in [0.3, 0.4) is 0 Å². The Morgan fingerprint density at radius 2 is 1.88 bits per heavy atom. The summed E-state index contributed by atoms with van der Waals surface area (Å²) in [6.45, 7) is 12.5. The molecule has 0 aliphatic heterocycles. The number of nitrogens with zero attached hydrogens (tertiary/aromatic N) is 3. The quantitative estimate of drug-likeness (QED) is 0.623. The van der Waals surface area contributed by atoms with E-state index in [1.54, 1.807) is 6.92 Å². The Hall–Kier alpha value is -2.37. The van der Waals surface area contributed by atoms with Crippen LogP contribution in [0.15, 0.2) is 33.8 Å². The van der Waals surface area contributed by atoms with Gasteiger partial charge in [0.15, 0.2) is 11.8 Å². The minimum absolute atomic E-state index is 0.189. The molecule has 6 nitrogen and oxygen atoms in total. The first kappa shape index (κ1) is 19.0. The van der Waals surface area contributed by atoms with Crippen molar-refractivity contribution in [2.24, 2.45) is 4.99 Å². The SMILES string of the molecule is CCNC(=NCc1nc(C)no1)NCCc1ccc(C(C)(C)C)cc1. The standard InChI is InChI=1S/C19H29N5O/c1-6-20-18(22-13-17-23-14(2)24-25-17)21-12-11-15-7-9-16(10-8-15)19(3,4)5/h7-10H,6,11-13H2,1-5H3,(H2,20,21,22). The lowest BCUT2D eigenvalue weighted by Gasteiger charge is -2.19. The van der Waals surface area contributed by atoms with E-state index in [4.69, 9.17) is 4.52 Å². The molecule has 0 bridgehead atoms. The molecule has 2 aromatic rings. The molecular weight excluding hydrogens is 314 g/mol. The molecule has 0 atom stereocenters. The lowest BCUT2D eigenvalue weighted by atomic mass is 9.86. The lowest BCUT2D eigenvalue weighted by Crippen LogP contribution is -2.38. The second kappa shape index (κ2) is 8.65. The number of aliphatic imine (C=N–C) groups is 1. The molecule has 6 heteroatoms. The zero-order valence-corrected chi connectivity index (χ0v) is 15.9. The number of hydrogen-bond donors (Lipinski definition) is 2. The average Bonchev–Trinajstić information content (AvgIpc) is 2.98. The number of guanidine groups is 1. The van der Waals surface area contributed by atoms with Gasteiger partial charge in [-0.2, -0.15) is 4.98 Å². The summed E-state index contributed by atoms with van der Waals surface area (Å²) >= 11 is 0. The molecule has 0 aliphatic rings. The van der Waals surface area contributed by atoms with E-state index in [1.165, 1.54) is 11.1 Å². The summed E-state index contributed by atoms with van der Waals surface area (Å²) in [6.07, 6.45) is 0.939. The summed E-state index contributed by atoms with van der Waals surface area (Å²) in [6, 6.07) is 8.83. The van der Waals surface area contributed by atoms with Gasteiger partial charge in [0, 0.05) is 13.1 Å². The summed E-state index contributed by atoms with van der Waals surface area (Å²) < 4.78 is 5.08. The second-order valence-electron chi connectivity index (χ2n) is 7.05. The Labute approximate surface area is 150 Å². The maximum absolute atomic E-state index is 5.08. The van der Waals surface area contributed by atoms with E-state index < -0.39 is 0 Å². The highest BCUT2D eigenvalue weighted by molar-refractivity contribution is 5.79. The molecule has 0 saturated heterocycles. The summed E-state index contributed by atoms with van der Waals surface area (Å²) in [5, 5.41) is 10.3. The molecule has 0 unspecified atom stereocenters. The van der Waals surface area contributed by atoms with E-state index in [2.05, 4.69) is 70.8 Å². The van der Waals surface area contributed by atoms with Gasteiger partial charge in [-0.1, -0.05) is 50.2 Å². The number of benzene rings is 1. The molecule has 2 N–H and O–H groups in total. The number of nitrogens with one attached hydrogen (secondary N) is 2. The van der Waals surface area contributed by atoms with Gasteiger partial charge >= 0.3 is 0 Å². The molecule has 1 heterocycles. The Morgan fingerprint density at radius 3 is 2.44 bits per heavy atom. The van der Waals surface area contributed by atoms with Crippen molar-refractivity contribution in [2.45, 2.75) is 53.0 Å². The van der Waals surface area contributed by atoms with Crippen LogP contribution in [-0.4, -0.2) is 29.2 Å². The fourth-order valence-electron chi connectivity index (χ4n) is 2.39. The fraction of sp³-hybridized carbons (Fsp3) is 0.526. The van der Waals surface area contributed by atoms with Crippen LogP contribution in [0.2, 0.25) is 0 Å². The van der Waals surface area contributed by atoms with Crippen LogP contribution in [0.1, 0.15) is 50.5 Å². The van der Waals surface area contributed by atoms with Crippen molar-refractivity contribution < 1.29 is 4.52 Å². The molecule has 0 amide bonds. The zero-order valence-electron chi connectivity index (χ0n) is 15.9. The van der Waals surface area contributed by atoms with E-state index in [-0.39, 0.29) is 5.41 Å². The smallest absolute Gasteiger partial charge is 0.248 e. The van der Waals surface area contributed by atoms with Gasteiger partial charge in [-0.25, -0.2) is 4.99 Å². The normalized spacial score (nSPS) is 12.3. The highest BCUT2D eigenvalue weighted by atomic mass is 16.5. The first-order chi connectivity index (χ1) is 11.9. The van der Waals surface area contributed by atoms with Crippen LogP contribution >= 0.6 is 0 Å². The van der Waals surface area contributed by atoms with Crippen molar-refractivity contribution in [2.75, 3.05) is 13.1 Å². The van der Waals surface area contributed by atoms with E-state index in [1.807, 2.05) is 6.92 Å². The molecule has 1 aromatic carbocycles. The largest absolute Gasteiger partial charge is 0.357 e. The predicted octanol–water partition coefficient (Wildman–Crippen LogP) is 2.97. The van der Waals surface area contributed by atoms with Gasteiger partial charge in [-0.05, 0) is 36.8 Å². The number of rotatable bonds is 6. The first-order valence-electron chi connectivity index (χ1n) is 8.79. The molecule has 25 heavy (non-hydrogen) atoms.